The molecular weight excluding hydrogens is 654 g/mol. The molecule has 2 aromatic rings. The summed E-state index contributed by atoms with van der Waals surface area (Å²) in [6.07, 6.45) is 4.55. The Morgan fingerprint density at radius 3 is 2.54 bits per heavy atom. The van der Waals surface area contributed by atoms with Crippen molar-refractivity contribution in [1.29, 1.82) is 0 Å². The Bertz CT molecular complexity index is 1720. The number of likely N-dealkylation sites (N-methyl/N-ethyl adjacent to an activating group) is 1. The van der Waals surface area contributed by atoms with Gasteiger partial charge in [-0.15, -0.1) is 0 Å². The smallest absolute Gasteiger partial charge is 0.338 e. The predicted molar refractivity (Wildman–Crippen MR) is 178 cm³/mol. The molecule has 2 aliphatic rings. The lowest BCUT2D eigenvalue weighted by Crippen LogP contribution is -2.59. The molecule has 50 heavy (non-hydrogen) atoms. The number of non-ortho nitro benzene ring substituents is 1. The first kappa shape index (κ1) is 37.4. The van der Waals surface area contributed by atoms with Crippen LogP contribution in [0.3, 0.4) is 0 Å². The van der Waals surface area contributed by atoms with Gasteiger partial charge in [-0.25, -0.2) is 4.79 Å². The van der Waals surface area contributed by atoms with E-state index in [1.54, 1.807) is 0 Å². The number of nitro benzene ring substituents is 1. The van der Waals surface area contributed by atoms with E-state index in [1.165, 1.54) is 31.8 Å². The lowest BCUT2D eigenvalue weighted by molar-refractivity contribution is -0.384. The summed E-state index contributed by atoms with van der Waals surface area (Å²) in [6.45, 7) is 3.58. The van der Waals surface area contributed by atoms with Gasteiger partial charge in [-0.2, -0.15) is 0 Å². The quantitative estimate of drug-likeness (QED) is 0.0942. The van der Waals surface area contributed by atoms with Crippen molar-refractivity contribution < 1.29 is 38.4 Å². The SMILES string of the molecule is CCC1CC2CCCN(C2)C1NC(=O)Cn1cccc(NC(=O)[C@H](CCC(=O)C(=O)NC)NC(=O)c2cc(C(=O)OC)cc([N+](=O)[O-])c2)c1=O. The van der Waals surface area contributed by atoms with E-state index in [1.807, 2.05) is 0 Å². The number of piperidine rings is 2. The molecule has 268 valence electrons. The third-order valence-corrected chi connectivity index (χ3v) is 9.03. The van der Waals surface area contributed by atoms with Crippen LogP contribution in [0.1, 0.15) is 66.2 Å². The van der Waals surface area contributed by atoms with Gasteiger partial charge in [0.25, 0.3) is 23.1 Å². The number of Topliss-reactive ketones (excluding diaryl/α,β-unsaturated/α-hetero) is 1. The van der Waals surface area contributed by atoms with Crippen LogP contribution in [0.2, 0.25) is 0 Å². The van der Waals surface area contributed by atoms with E-state index in [0.29, 0.717) is 5.92 Å². The Hall–Kier alpha value is -5.45. The third-order valence-electron chi connectivity index (χ3n) is 9.03. The molecule has 4 N–H and O–H groups in total. The fraction of sp³-hybridized carbons (Fsp3) is 0.485. The van der Waals surface area contributed by atoms with Gasteiger partial charge in [-0.05, 0) is 55.7 Å². The molecule has 3 heterocycles. The summed E-state index contributed by atoms with van der Waals surface area (Å²) in [5, 5.41) is 21.5. The van der Waals surface area contributed by atoms with Crippen LogP contribution in [-0.2, 0) is 30.5 Å². The molecule has 1 aromatic heterocycles. The molecule has 1 aromatic carbocycles. The maximum Gasteiger partial charge on any atom is 0.338 e. The van der Waals surface area contributed by atoms with Crippen LogP contribution < -0.4 is 26.8 Å². The summed E-state index contributed by atoms with van der Waals surface area (Å²) in [6, 6.07) is 4.05. The van der Waals surface area contributed by atoms with Crippen molar-refractivity contribution >= 4 is 46.8 Å². The molecular formula is C33H41N7O10. The minimum absolute atomic E-state index is 0.140. The first-order valence-corrected chi connectivity index (χ1v) is 16.3. The number of anilines is 1. The van der Waals surface area contributed by atoms with Crippen molar-refractivity contribution in [2.75, 3.05) is 32.6 Å². The zero-order chi connectivity index (χ0) is 36.5. The van der Waals surface area contributed by atoms with E-state index in [2.05, 4.69) is 37.8 Å². The molecule has 2 bridgehead atoms. The second-order valence-corrected chi connectivity index (χ2v) is 12.3. The zero-order valence-corrected chi connectivity index (χ0v) is 28.1. The number of carbonyl (C=O) groups excluding carboxylic acids is 6. The van der Waals surface area contributed by atoms with Crippen molar-refractivity contribution in [2.24, 2.45) is 11.8 Å². The standard InChI is InChI=1S/C33H41N7O10/c1-4-20-13-19-7-5-11-38(17-19)28(20)37-27(42)18-39-12-6-8-25(32(39)46)36-30(44)24(9-10-26(41)31(45)34-2)35-29(43)21-14-22(33(47)50-3)16-23(15-21)40(48)49/h6,8,12,14-16,19-20,24,28H,4-5,7,9-11,13,17-18H2,1-3H3,(H,34,45)(H,35,43)(H,36,44)(H,37,42)/t19?,20?,24-,28?/m0/s1. The lowest BCUT2D eigenvalue weighted by atomic mass is 9.80. The molecule has 2 saturated heterocycles. The Morgan fingerprint density at radius 1 is 1.12 bits per heavy atom. The minimum Gasteiger partial charge on any atom is -0.465 e. The number of rotatable bonds is 14. The van der Waals surface area contributed by atoms with Gasteiger partial charge in [-0.1, -0.05) is 13.3 Å². The highest BCUT2D eigenvalue weighted by Gasteiger charge is 2.38. The number of esters is 1. The Kier molecular flexibility index (Phi) is 12.5. The van der Waals surface area contributed by atoms with E-state index in [0.717, 1.165) is 62.2 Å². The lowest BCUT2D eigenvalue weighted by Gasteiger charge is -2.48. The van der Waals surface area contributed by atoms with Crippen molar-refractivity contribution in [3.63, 3.8) is 0 Å². The number of amides is 4. The van der Waals surface area contributed by atoms with E-state index >= 15 is 0 Å². The summed E-state index contributed by atoms with van der Waals surface area (Å²) >= 11 is 0. The topological polar surface area (TPSA) is 228 Å². The molecule has 4 rings (SSSR count). The van der Waals surface area contributed by atoms with Crippen LogP contribution in [0.15, 0.2) is 41.3 Å². The number of aromatic nitrogens is 1. The molecule has 2 fully saturated rings. The van der Waals surface area contributed by atoms with Crippen molar-refractivity contribution in [3.8, 4) is 0 Å². The number of ketones is 1. The predicted octanol–water partition coefficient (Wildman–Crippen LogP) is 0.960. The second-order valence-electron chi connectivity index (χ2n) is 12.3. The normalized spacial score (nSPS) is 20.1. The Labute approximate surface area is 287 Å². The zero-order valence-electron chi connectivity index (χ0n) is 28.1. The van der Waals surface area contributed by atoms with Crippen LogP contribution in [0, 0.1) is 22.0 Å². The maximum absolute atomic E-state index is 13.5. The first-order valence-electron chi connectivity index (χ1n) is 16.3. The molecule has 0 radical (unpaired) electrons. The number of methoxy groups -OCH3 is 1. The molecule has 0 aliphatic carbocycles. The molecule has 17 nitrogen and oxygen atoms in total. The number of nitrogens with zero attached hydrogens (tertiary/aromatic N) is 3. The average molecular weight is 696 g/mol. The molecule has 5 atom stereocenters. The van der Waals surface area contributed by atoms with Gasteiger partial charge in [0, 0.05) is 50.5 Å². The monoisotopic (exact) mass is 695 g/mol. The van der Waals surface area contributed by atoms with Gasteiger partial charge in [0.15, 0.2) is 0 Å². The fourth-order valence-corrected chi connectivity index (χ4v) is 6.46. The summed E-state index contributed by atoms with van der Waals surface area (Å²) in [5.41, 5.74) is -2.21. The first-order chi connectivity index (χ1) is 23.8. The van der Waals surface area contributed by atoms with Gasteiger partial charge >= 0.3 is 5.97 Å². The number of hydrogen-bond acceptors (Lipinski definition) is 11. The second kappa shape index (κ2) is 16.8. The van der Waals surface area contributed by atoms with Crippen LogP contribution >= 0.6 is 0 Å². The van der Waals surface area contributed by atoms with Crippen molar-refractivity contribution in [2.45, 2.75) is 64.2 Å². The van der Waals surface area contributed by atoms with Crippen LogP contribution in [0.25, 0.3) is 0 Å². The summed E-state index contributed by atoms with van der Waals surface area (Å²) in [7, 11) is 2.30. The molecule has 4 unspecified atom stereocenters. The summed E-state index contributed by atoms with van der Waals surface area (Å²) < 4.78 is 5.74. The van der Waals surface area contributed by atoms with E-state index in [-0.39, 0.29) is 41.3 Å². The Balaban J connectivity index is 1.52. The van der Waals surface area contributed by atoms with Gasteiger partial charge in [0.2, 0.25) is 17.6 Å². The fourth-order valence-electron chi connectivity index (χ4n) is 6.46. The average Bonchev–Trinajstić information content (AvgIpc) is 3.11. The number of hydrogen-bond donors (Lipinski definition) is 4. The van der Waals surface area contributed by atoms with Crippen LogP contribution in [0.4, 0.5) is 11.4 Å². The highest BCUT2D eigenvalue weighted by molar-refractivity contribution is 6.36. The number of fused-ring (bicyclic) bond motifs is 2. The van der Waals surface area contributed by atoms with Crippen molar-refractivity contribution in [3.05, 3.63) is 68.1 Å². The van der Waals surface area contributed by atoms with Gasteiger partial charge in [0.05, 0.1) is 23.8 Å². The number of carbonyl (C=O) groups is 6. The number of pyridine rings is 1. The number of nitro groups is 1. The van der Waals surface area contributed by atoms with E-state index in [9.17, 15) is 43.7 Å². The molecule has 2 aliphatic heterocycles. The van der Waals surface area contributed by atoms with Crippen LogP contribution in [-0.4, -0.2) is 89.2 Å². The van der Waals surface area contributed by atoms with E-state index < -0.39 is 64.5 Å². The molecule has 17 heteroatoms. The summed E-state index contributed by atoms with van der Waals surface area (Å²) in [5.74, 6) is -4.22. The highest BCUT2D eigenvalue weighted by Crippen LogP contribution is 2.34. The van der Waals surface area contributed by atoms with Gasteiger partial charge in [0.1, 0.15) is 18.3 Å². The van der Waals surface area contributed by atoms with E-state index in [4.69, 9.17) is 0 Å². The van der Waals surface area contributed by atoms with Crippen LogP contribution in [0.5, 0.6) is 0 Å². The van der Waals surface area contributed by atoms with Crippen molar-refractivity contribution in [1.82, 2.24) is 25.4 Å². The minimum atomic E-state index is -1.53. The number of ether oxygens (including phenoxy) is 1. The largest absolute Gasteiger partial charge is 0.465 e. The summed E-state index contributed by atoms with van der Waals surface area (Å²) in [4.78, 5) is 102. The third kappa shape index (κ3) is 9.16. The van der Waals surface area contributed by atoms with Gasteiger partial charge in [-0.3, -0.25) is 43.8 Å². The highest BCUT2D eigenvalue weighted by atomic mass is 16.6. The molecule has 4 amide bonds. The Morgan fingerprint density at radius 2 is 1.86 bits per heavy atom. The number of nitrogens with one attached hydrogen (secondary N) is 4. The molecule has 0 spiro atoms. The van der Waals surface area contributed by atoms with Gasteiger partial charge < -0.3 is 30.6 Å². The maximum atomic E-state index is 13.5. The molecule has 0 saturated carbocycles. The number of benzene rings is 1.